The van der Waals surface area contributed by atoms with Gasteiger partial charge < -0.3 is 5.11 Å². The number of aliphatic hydroxyl groups excluding tert-OH is 1. The van der Waals surface area contributed by atoms with E-state index in [1.165, 1.54) is 10.9 Å². The molecule has 2 aromatic rings. The molecule has 2 N–H and O–H groups in total. The van der Waals surface area contributed by atoms with E-state index in [-0.39, 0.29) is 18.0 Å². The first-order valence-corrected chi connectivity index (χ1v) is 9.04. The van der Waals surface area contributed by atoms with Crippen molar-refractivity contribution in [3.63, 3.8) is 0 Å². The summed E-state index contributed by atoms with van der Waals surface area (Å²) in [6.07, 6.45) is 0.954. The number of aliphatic hydroxyl groups is 1. The van der Waals surface area contributed by atoms with Gasteiger partial charge in [-0.05, 0) is 48.7 Å². The Kier molecular flexibility index (Phi) is 5.16. The molecule has 0 saturated carbocycles. The highest BCUT2D eigenvalue weighted by Gasteiger charge is 2.15. The van der Waals surface area contributed by atoms with Crippen LogP contribution < -0.4 is 4.72 Å². The van der Waals surface area contributed by atoms with Gasteiger partial charge in [-0.2, -0.15) is 0 Å². The predicted molar refractivity (Wildman–Crippen MR) is 84.8 cm³/mol. The summed E-state index contributed by atoms with van der Waals surface area (Å²) in [7, 11) is -3.56. The van der Waals surface area contributed by atoms with Crippen LogP contribution in [0.25, 0.3) is 0 Å². The van der Waals surface area contributed by atoms with Gasteiger partial charge >= 0.3 is 0 Å². The van der Waals surface area contributed by atoms with Gasteiger partial charge in [-0.1, -0.05) is 13.0 Å². The Morgan fingerprint density at radius 2 is 1.90 bits per heavy atom. The maximum Gasteiger partial charge on any atom is 0.240 e. The first-order chi connectivity index (χ1) is 9.96. The van der Waals surface area contributed by atoms with Gasteiger partial charge in [0, 0.05) is 16.3 Å². The molecule has 0 atom stereocenters. The SMILES string of the molecule is CCc1ccc(CNS(=O)(=O)c2ccc(C)c(CO)c2)s1. The summed E-state index contributed by atoms with van der Waals surface area (Å²) in [6.45, 7) is 4.03. The van der Waals surface area contributed by atoms with E-state index < -0.39 is 10.0 Å². The smallest absolute Gasteiger partial charge is 0.240 e. The molecule has 0 aliphatic rings. The van der Waals surface area contributed by atoms with E-state index in [4.69, 9.17) is 0 Å². The summed E-state index contributed by atoms with van der Waals surface area (Å²) in [6, 6.07) is 8.75. The molecule has 2 rings (SSSR count). The molecule has 0 amide bonds. The summed E-state index contributed by atoms with van der Waals surface area (Å²) >= 11 is 1.61. The van der Waals surface area contributed by atoms with Gasteiger partial charge in [0.15, 0.2) is 0 Å². The van der Waals surface area contributed by atoms with Crippen molar-refractivity contribution in [2.24, 2.45) is 0 Å². The highest BCUT2D eigenvalue weighted by atomic mass is 32.2. The summed E-state index contributed by atoms with van der Waals surface area (Å²) in [5, 5.41) is 9.23. The second kappa shape index (κ2) is 6.70. The maximum atomic E-state index is 12.3. The van der Waals surface area contributed by atoms with Crippen molar-refractivity contribution in [2.75, 3.05) is 0 Å². The zero-order chi connectivity index (χ0) is 15.5. The second-order valence-electron chi connectivity index (χ2n) is 4.79. The van der Waals surface area contributed by atoms with Crippen LogP contribution in [0.5, 0.6) is 0 Å². The van der Waals surface area contributed by atoms with Crippen molar-refractivity contribution in [1.29, 1.82) is 0 Å². The molecular weight excluding hydrogens is 306 g/mol. The van der Waals surface area contributed by atoms with Crippen LogP contribution in [0, 0.1) is 6.92 Å². The Morgan fingerprint density at radius 1 is 1.19 bits per heavy atom. The lowest BCUT2D eigenvalue weighted by molar-refractivity contribution is 0.280. The summed E-state index contributed by atoms with van der Waals surface area (Å²) in [5.74, 6) is 0. The van der Waals surface area contributed by atoms with Gasteiger partial charge in [0.05, 0.1) is 11.5 Å². The normalized spacial score (nSPS) is 11.8. The van der Waals surface area contributed by atoms with E-state index in [9.17, 15) is 13.5 Å². The van der Waals surface area contributed by atoms with Crippen LogP contribution in [0.1, 0.15) is 27.8 Å². The van der Waals surface area contributed by atoms with E-state index in [1.54, 1.807) is 23.5 Å². The van der Waals surface area contributed by atoms with E-state index in [2.05, 4.69) is 11.6 Å². The van der Waals surface area contributed by atoms with Crippen LogP contribution >= 0.6 is 11.3 Å². The zero-order valence-electron chi connectivity index (χ0n) is 12.1. The number of hydrogen-bond acceptors (Lipinski definition) is 4. The van der Waals surface area contributed by atoms with Gasteiger partial charge in [0.25, 0.3) is 0 Å². The fourth-order valence-corrected chi connectivity index (χ4v) is 3.99. The third-order valence-electron chi connectivity index (χ3n) is 3.30. The van der Waals surface area contributed by atoms with Crippen molar-refractivity contribution < 1.29 is 13.5 Å². The zero-order valence-corrected chi connectivity index (χ0v) is 13.7. The van der Waals surface area contributed by atoms with Gasteiger partial charge in [0.2, 0.25) is 10.0 Å². The van der Waals surface area contributed by atoms with Crippen molar-refractivity contribution in [1.82, 2.24) is 4.72 Å². The molecule has 1 heterocycles. The van der Waals surface area contributed by atoms with Gasteiger partial charge in [-0.25, -0.2) is 13.1 Å². The molecule has 6 heteroatoms. The number of thiophene rings is 1. The Morgan fingerprint density at radius 3 is 2.52 bits per heavy atom. The number of nitrogens with one attached hydrogen (secondary N) is 1. The first kappa shape index (κ1) is 16.2. The highest BCUT2D eigenvalue weighted by Crippen LogP contribution is 2.19. The van der Waals surface area contributed by atoms with Gasteiger partial charge in [-0.3, -0.25) is 0 Å². The lowest BCUT2D eigenvalue weighted by Gasteiger charge is -2.09. The molecule has 0 fully saturated rings. The monoisotopic (exact) mass is 325 g/mol. The highest BCUT2D eigenvalue weighted by molar-refractivity contribution is 7.89. The number of hydrogen-bond donors (Lipinski definition) is 2. The lowest BCUT2D eigenvalue weighted by Crippen LogP contribution is -2.23. The van der Waals surface area contributed by atoms with Crippen LogP contribution in [0.2, 0.25) is 0 Å². The van der Waals surface area contributed by atoms with Gasteiger partial charge in [-0.15, -0.1) is 11.3 Å². The Bertz CT molecular complexity index is 720. The molecule has 114 valence electrons. The molecule has 0 aliphatic heterocycles. The average Bonchev–Trinajstić information content (AvgIpc) is 2.93. The topological polar surface area (TPSA) is 66.4 Å². The summed E-state index contributed by atoms with van der Waals surface area (Å²) < 4.78 is 27.1. The van der Waals surface area contributed by atoms with Crippen molar-refractivity contribution in [2.45, 2.75) is 38.3 Å². The quantitative estimate of drug-likeness (QED) is 0.858. The molecular formula is C15H19NO3S2. The molecule has 0 spiro atoms. The van der Waals surface area contributed by atoms with Crippen LogP contribution in [-0.4, -0.2) is 13.5 Å². The van der Waals surface area contributed by atoms with E-state index >= 15 is 0 Å². The number of sulfonamides is 1. The van der Waals surface area contributed by atoms with Crippen LogP contribution in [0.3, 0.4) is 0 Å². The number of aryl methyl sites for hydroxylation is 2. The minimum Gasteiger partial charge on any atom is -0.392 e. The molecule has 4 nitrogen and oxygen atoms in total. The van der Waals surface area contributed by atoms with E-state index in [0.29, 0.717) is 5.56 Å². The third kappa shape index (κ3) is 3.91. The maximum absolute atomic E-state index is 12.3. The molecule has 1 aromatic heterocycles. The third-order valence-corrected chi connectivity index (χ3v) is 5.93. The lowest BCUT2D eigenvalue weighted by atomic mass is 10.1. The van der Waals surface area contributed by atoms with Crippen molar-refractivity contribution in [3.8, 4) is 0 Å². The number of benzene rings is 1. The Labute approximate surface area is 129 Å². The standard InChI is InChI=1S/C15H19NO3S2/c1-3-13-5-6-14(20-13)9-16-21(18,19)15-7-4-11(2)12(8-15)10-17/h4-8,16-17H,3,9-10H2,1-2H3. The van der Waals surface area contributed by atoms with Crippen LogP contribution in [0.15, 0.2) is 35.2 Å². The predicted octanol–water partition coefficient (Wildman–Crippen LogP) is 2.59. The fourth-order valence-electron chi connectivity index (χ4n) is 1.94. The van der Waals surface area contributed by atoms with Crippen molar-refractivity contribution in [3.05, 3.63) is 51.2 Å². The van der Waals surface area contributed by atoms with E-state index in [1.807, 2.05) is 19.1 Å². The molecule has 0 aliphatic carbocycles. The summed E-state index contributed by atoms with van der Waals surface area (Å²) in [5.41, 5.74) is 1.50. The molecule has 0 saturated heterocycles. The van der Waals surface area contributed by atoms with Crippen LogP contribution in [0.4, 0.5) is 0 Å². The minimum atomic E-state index is -3.56. The van der Waals surface area contributed by atoms with Crippen LogP contribution in [-0.2, 0) is 29.6 Å². The van der Waals surface area contributed by atoms with Gasteiger partial charge in [0.1, 0.15) is 0 Å². The Hall–Kier alpha value is -1.21. The minimum absolute atomic E-state index is 0.167. The number of rotatable bonds is 6. The summed E-state index contributed by atoms with van der Waals surface area (Å²) in [4.78, 5) is 2.41. The largest absolute Gasteiger partial charge is 0.392 e. The molecule has 1 aromatic carbocycles. The average molecular weight is 325 g/mol. The fraction of sp³-hybridized carbons (Fsp3) is 0.333. The Balaban J connectivity index is 2.14. The van der Waals surface area contributed by atoms with E-state index in [0.717, 1.165) is 16.9 Å². The second-order valence-corrected chi connectivity index (χ2v) is 7.81. The van der Waals surface area contributed by atoms with Crippen molar-refractivity contribution >= 4 is 21.4 Å². The molecule has 0 bridgehead atoms. The molecule has 0 unspecified atom stereocenters. The first-order valence-electron chi connectivity index (χ1n) is 6.74. The molecule has 21 heavy (non-hydrogen) atoms. The molecule has 0 radical (unpaired) electrons.